The van der Waals surface area contributed by atoms with Gasteiger partial charge in [-0.1, -0.05) is 6.92 Å². The summed E-state index contributed by atoms with van der Waals surface area (Å²) in [5, 5.41) is 15.8. The molecule has 1 amide bonds. The molecule has 1 saturated heterocycles. The van der Waals surface area contributed by atoms with Crippen LogP contribution in [0.25, 0.3) is 0 Å². The molecule has 1 heterocycles. The summed E-state index contributed by atoms with van der Waals surface area (Å²) in [5.41, 5.74) is -0.192. The highest BCUT2D eigenvalue weighted by molar-refractivity contribution is 5.82. The molecular weight excluding hydrogens is 216 g/mol. The van der Waals surface area contributed by atoms with E-state index in [1.807, 2.05) is 0 Å². The van der Waals surface area contributed by atoms with E-state index in [2.05, 4.69) is 17.6 Å². The first kappa shape index (κ1) is 12.8. The first-order valence-corrected chi connectivity index (χ1v) is 6.77. The van der Waals surface area contributed by atoms with Crippen molar-refractivity contribution in [1.82, 2.24) is 10.6 Å². The van der Waals surface area contributed by atoms with E-state index in [1.165, 1.54) is 0 Å². The van der Waals surface area contributed by atoms with Gasteiger partial charge in [0.2, 0.25) is 5.91 Å². The topological polar surface area (TPSA) is 61.4 Å². The zero-order chi connectivity index (χ0) is 12.3. The molecule has 0 aromatic carbocycles. The Hall–Kier alpha value is -0.610. The van der Waals surface area contributed by atoms with Crippen LogP contribution in [0.1, 0.15) is 39.0 Å². The minimum Gasteiger partial charge on any atom is -0.393 e. The van der Waals surface area contributed by atoms with E-state index in [0.29, 0.717) is 5.92 Å². The molecule has 4 nitrogen and oxygen atoms in total. The third-order valence-electron chi connectivity index (χ3n) is 4.32. The van der Waals surface area contributed by atoms with Gasteiger partial charge in [0.1, 0.15) is 0 Å². The van der Waals surface area contributed by atoms with Gasteiger partial charge in [0, 0.05) is 12.0 Å². The largest absolute Gasteiger partial charge is 0.393 e. The number of hydrogen-bond donors (Lipinski definition) is 3. The summed E-state index contributed by atoms with van der Waals surface area (Å²) in [6.07, 6.45) is 4.48. The maximum atomic E-state index is 12.2. The second kappa shape index (κ2) is 5.36. The molecule has 0 spiro atoms. The molecule has 2 rings (SSSR count). The van der Waals surface area contributed by atoms with E-state index in [0.717, 1.165) is 51.7 Å². The minimum atomic E-state index is -0.192. The quantitative estimate of drug-likeness (QED) is 0.679. The molecule has 1 aliphatic carbocycles. The lowest BCUT2D eigenvalue weighted by Gasteiger charge is -2.32. The molecule has 2 aliphatic rings. The van der Waals surface area contributed by atoms with Crippen LogP contribution in [0.2, 0.25) is 0 Å². The Morgan fingerprint density at radius 2 is 2.12 bits per heavy atom. The molecule has 0 aromatic heterocycles. The predicted octanol–water partition coefficient (Wildman–Crippen LogP) is 0.653. The van der Waals surface area contributed by atoms with E-state index >= 15 is 0 Å². The van der Waals surface area contributed by atoms with Crippen molar-refractivity contribution < 1.29 is 9.90 Å². The highest BCUT2D eigenvalue weighted by Crippen LogP contribution is 2.29. The minimum absolute atomic E-state index is 0.147. The Labute approximate surface area is 103 Å². The highest BCUT2D eigenvalue weighted by atomic mass is 16.3. The summed E-state index contributed by atoms with van der Waals surface area (Å²) < 4.78 is 0. The lowest BCUT2D eigenvalue weighted by atomic mass is 9.80. The van der Waals surface area contributed by atoms with Gasteiger partial charge in [0.15, 0.2) is 0 Å². The fourth-order valence-corrected chi connectivity index (χ4v) is 2.89. The summed E-state index contributed by atoms with van der Waals surface area (Å²) >= 11 is 0. The van der Waals surface area contributed by atoms with E-state index < -0.39 is 0 Å². The molecule has 3 N–H and O–H groups in total. The van der Waals surface area contributed by atoms with Crippen LogP contribution in [0, 0.1) is 11.3 Å². The number of carbonyl (C=O) groups excluding carboxylic acids is 1. The third-order valence-corrected chi connectivity index (χ3v) is 4.32. The number of rotatable bonds is 3. The van der Waals surface area contributed by atoms with Crippen LogP contribution in [0.5, 0.6) is 0 Å². The molecule has 2 atom stereocenters. The van der Waals surface area contributed by atoms with Crippen molar-refractivity contribution in [3.8, 4) is 0 Å². The van der Waals surface area contributed by atoms with Crippen molar-refractivity contribution in [2.24, 2.45) is 11.3 Å². The summed E-state index contributed by atoms with van der Waals surface area (Å²) in [5.74, 6) is 0.666. The molecule has 4 heteroatoms. The summed E-state index contributed by atoms with van der Waals surface area (Å²) in [7, 11) is 0. The van der Waals surface area contributed by atoms with Gasteiger partial charge in [-0.05, 0) is 51.1 Å². The second-order valence-electron chi connectivity index (χ2n) is 5.85. The van der Waals surface area contributed by atoms with Gasteiger partial charge in [0.05, 0.1) is 6.10 Å². The van der Waals surface area contributed by atoms with Crippen LogP contribution < -0.4 is 10.6 Å². The van der Waals surface area contributed by atoms with Gasteiger partial charge in [-0.25, -0.2) is 0 Å². The van der Waals surface area contributed by atoms with Crippen molar-refractivity contribution in [1.29, 1.82) is 0 Å². The molecule has 0 aromatic rings. The van der Waals surface area contributed by atoms with E-state index in [9.17, 15) is 9.90 Å². The van der Waals surface area contributed by atoms with Crippen LogP contribution in [0.15, 0.2) is 0 Å². The van der Waals surface area contributed by atoms with Crippen molar-refractivity contribution in [3.63, 3.8) is 0 Å². The Bertz CT molecular complexity index is 275. The van der Waals surface area contributed by atoms with Gasteiger partial charge in [-0.15, -0.1) is 0 Å². The first-order chi connectivity index (χ1) is 8.10. The van der Waals surface area contributed by atoms with E-state index in [1.54, 1.807) is 0 Å². The Kier molecular flexibility index (Phi) is 4.05. The lowest BCUT2D eigenvalue weighted by molar-refractivity contribution is -0.131. The SMILES string of the molecule is CC1(C(=O)NCC2CCC(O)C2)CCNCC1. The summed E-state index contributed by atoms with van der Waals surface area (Å²) in [6.45, 7) is 4.67. The van der Waals surface area contributed by atoms with Crippen molar-refractivity contribution in [2.45, 2.75) is 45.1 Å². The van der Waals surface area contributed by atoms with Gasteiger partial charge in [-0.2, -0.15) is 0 Å². The van der Waals surface area contributed by atoms with E-state index in [-0.39, 0.29) is 17.4 Å². The highest BCUT2D eigenvalue weighted by Gasteiger charge is 2.35. The summed E-state index contributed by atoms with van der Waals surface area (Å²) in [6, 6.07) is 0. The standard InChI is InChI=1S/C13H24N2O2/c1-13(4-6-14-7-5-13)12(17)15-9-10-2-3-11(16)8-10/h10-11,14,16H,2-9H2,1H3,(H,15,17). The molecule has 0 bridgehead atoms. The Morgan fingerprint density at radius 1 is 1.41 bits per heavy atom. The molecule has 0 radical (unpaired) electrons. The Balaban J connectivity index is 1.76. The normalized spacial score (nSPS) is 32.4. The maximum absolute atomic E-state index is 12.2. The number of amides is 1. The van der Waals surface area contributed by atoms with Crippen molar-refractivity contribution in [3.05, 3.63) is 0 Å². The van der Waals surface area contributed by atoms with Gasteiger partial charge in [-0.3, -0.25) is 4.79 Å². The zero-order valence-corrected chi connectivity index (χ0v) is 10.7. The Morgan fingerprint density at radius 3 is 2.71 bits per heavy atom. The average molecular weight is 240 g/mol. The fraction of sp³-hybridized carbons (Fsp3) is 0.923. The fourth-order valence-electron chi connectivity index (χ4n) is 2.89. The molecule has 1 saturated carbocycles. The number of hydrogen-bond acceptors (Lipinski definition) is 3. The molecule has 2 unspecified atom stereocenters. The van der Waals surface area contributed by atoms with Gasteiger partial charge < -0.3 is 15.7 Å². The molecular formula is C13H24N2O2. The second-order valence-corrected chi connectivity index (χ2v) is 5.85. The van der Waals surface area contributed by atoms with Crippen LogP contribution in [-0.2, 0) is 4.79 Å². The van der Waals surface area contributed by atoms with Crippen LogP contribution in [0.4, 0.5) is 0 Å². The van der Waals surface area contributed by atoms with Crippen LogP contribution in [-0.4, -0.2) is 36.8 Å². The zero-order valence-electron chi connectivity index (χ0n) is 10.7. The smallest absolute Gasteiger partial charge is 0.226 e. The first-order valence-electron chi connectivity index (χ1n) is 6.77. The van der Waals surface area contributed by atoms with Crippen molar-refractivity contribution in [2.75, 3.05) is 19.6 Å². The average Bonchev–Trinajstić information content (AvgIpc) is 2.73. The molecule has 98 valence electrons. The number of piperidine rings is 1. The van der Waals surface area contributed by atoms with Crippen LogP contribution >= 0.6 is 0 Å². The predicted molar refractivity (Wildman–Crippen MR) is 66.6 cm³/mol. The van der Waals surface area contributed by atoms with Crippen molar-refractivity contribution >= 4 is 5.91 Å². The lowest BCUT2D eigenvalue weighted by Crippen LogP contribution is -2.46. The van der Waals surface area contributed by atoms with Crippen LogP contribution in [0.3, 0.4) is 0 Å². The third kappa shape index (κ3) is 3.19. The number of aliphatic hydroxyl groups is 1. The van der Waals surface area contributed by atoms with Gasteiger partial charge >= 0.3 is 0 Å². The monoisotopic (exact) mass is 240 g/mol. The number of aliphatic hydroxyl groups excluding tert-OH is 1. The number of nitrogens with one attached hydrogen (secondary N) is 2. The summed E-state index contributed by atoms with van der Waals surface area (Å²) in [4.78, 5) is 12.2. The maximum Gasteiger partial charge on any atom is 0.226 e. The molecule has 1 aliphatic heterocycles. The molecule has 17 heavy (non-hydrogen) atoms. The van der Waals surface area contributed by atoms with Gasteiger partial charge in [0.25, 0.3) is 0 Å². The van der Waals surface area contributed by atoms with E-state index in [4.69, 9.17) is 0 Å². The molecule has 2 fully saturated rings. The number of carbonyl (C=O) groups is 1.